The van der Waals surface area contributed by atoms with E-state index in [1.807, 2.05) is 0 Å². The minimum absolute atomic E-state index is 0.527. The summed E-state index contributed by atoms with van der Waals surface area (Å²) in [6.45, 7) is 12.1. The van der Waals surface area contributed by atoms with Gasteiger partial charge >= 0.3 is 0 Å². The number of aryl methyl sites for hydroxylation is 1. The molecule has 0 saturated heterocycles. The van der Waals surface area contributed by atoms with Crippen molar-refractivity contribution in [1.82, 2.24) is 5.32 Å². The molecule has 1 unspecified atom stereocenters. The molecule has 0 fully saturated rings. The van der Waals surface area contributed by atoms with Gasteiger partial charge in [-0.3, -0.25) is 0 Å². The number of benzene rings is 1. The van der Waals surface area contributed by atoms with Crippen LogP contribution in [0.25, 0.3) is 0 Å². The van der Waals surface area contributed by atoms with E-state index in [4.69, 9.17) is 4.74 Å². The van der Waals surface area contributed by atoms with Crippen LogP contribution >= 0.6 is 0 Å². The van der Waals surface area contributed by atoms with Crippen LogP contribution in [0, 0.1) is 12.8 Å². The first-order valence-electron chi connectivity index (χ1n) is 7.91. The van der Waals surface area contributed by atoms with Gasteiger partial charge in [-0.1, -0.05) is 52.7 Å². The second-order valence-corrected chi connectivity index (χ2v) is 5.98. The lowest BCUT2D eigenvalue weighted by Gasteiger charge is -2.27. The van der Waals surface area contributed by atoms with E-state index in [0.29, 0.717) is 17.9 Å². The van der Waals surface area contributed by atoms with Crippen molar-refractivity contribution in [3.05, 3.63) is 29.3 Å². The highest BCUT2D eigenvalue weighted by Gasteiger charge is 2.21. The van der Waals surface area contributed by atoms with E-state index in [-0.39, 0.29) is 0 Å². The van der Waals surface area contributed by atoms with Gasteiger partial charge in [0, 0.05) is 12.6 Å². The fraction of sp³-hybridized carbons (Fsp3) is 0.667. The first-order valence-corrected chi connectivity index (χ1v) is 7.91. The zero-order valence-corrected chi connectivity index (χ0v) is 14.0. The van der Waals surface area contributed by atoms with Gasteiger partial charge in [-0.15, -0.1) is 0 Å². The highest BCUT2D eigenvalue weighted by atomic mass is 16.5. The van der Waals surface area contributed by atoms with E-state index in [2.05, 4.69) is 58.1 Å². The second kappa shape index (κ2) is 8.31. The molecule has 0 aliphatic heterocycles. The zero-order chi connectivity index (χ0) is 15.1. The van der Waals surface area contributed by atoms with Gasteiger partial charge in [-0.25, -0.2) is 0 Å². The topological polar surface area (TPSA) is 21.3 Å². The Morgan fingerprint density at radius 3 is 2.30 bits per heavy atom. The monoisotopic (exact) mass is 277 g/mol. The number of ether oxygens (including phenoxy) is 1. The van der Waals surface area contributed by atoms with Gasteiger partial charge in [0.1, 0.15) is 5.75 Å². The maximum absolute atomic E-state index is 5.49. The van der Waals surface area contributed by atoms with E-state index < -0.39 is 0 Å². The van der Waals surface area contributed by atoms with Crippen molar-refractivity contribution in [1.29, 1.82) is 0 Å². The normalized spacial score (nSPS) is 13.0. The molecule has 0 aliphatic carbocycles. The van der Waals surface area contributed by atoms with Gasteiger partial charge in [0.05, 0.1) is 7.11 Å². The van der Waals surface area contributed by atoms with Crippen LogP contribution in [-0.2, 0) is 0 Å². The van der Waals surface area contributed by atoms with Crippen molar-refractivity contribution in [2.75, 3.05) is 13.7 Å². The number of rotatable bonds is 8. The second-order valence-electron chi connectivity index (χ2n) is 5.98. The summed E-state index contributed by atoms with van der Waals surface area (Å²) in [7, 11) is 1.75. The third-order valence-electron chi connectivity index (χ3n) is 4.22. The predicted octanol–water partition coefficient (Wildman–Crippen LogP) is 4.52. The Bertz CT molecular complexity index is 396. The van der Waals surface area contributed by atoms with E-state index in [1.165, 1.54) is 24.0 Å². The zero-order valence-electron chi connectivity index (χ0n) is 14.0. The Morgan fingerprint density at radius 2 is 1.80 bits per heavy atom. The first-order chi connectivity index (χ1) is 9.53. The maximum Gasteiger partial charge on any atom is 0.122 e. The molecule has 0 saturated carbocycles. The fourth-order valence-corrected chi connectivity index (χ4v) is 2.84. The van der Waals surface area contributed by atoms with Crippen molar-refractivity contribution >= 4 is 0 Å². The van der Waals surface area contributed by atoms with E-state index in [0.717, 1.165) is 12.3 Å². The highest BCUT2D eigenvalue weighted by Crippen LogP contribution is 2.32. The van der Waals surface area contributed by atoms with Gasteiger partial charge < -0.3 is 10.1 Å². The summed E-state index contributed by atoms with van der Waals surface area (Å²) < 4.78 is 5.49. The molecule has 20 heavy (non-hydrogen) atoms. The lowest BCUT2D eigenvalue weighted by atomic mass is 9.82. The quantitative estimate of drug-likeness (QED) is 0.754. The standard InChI is InChI=1S/C18H31NO/c1-7-15(8-2)17(12-19-13(3)4)16-10-9-14(5)18(11-16)20-6/h9-11,13,15,17,19H,7-8,12H2,1-6H3. The van der Waals surface area contributed by atoms with Crippen LogP contribution < -0.4 is 10.1 Å². The number of nitrogens with one attached hydrogen (secondary N) is 1. The summed E-state index contributed by atoms with van der Waals surface area (Å²) in [4.78, 5) is 0. The summed E-state index contributed by atoms with van der Waals surface area (Å²) >= 11 is 0. The molecular formula is C18H31NO. The van der Waals surface area contributed by atoms with Crippen LogP contribution in [0.1, 0.15) is 57.6 Å². The minimum Gasteiger partial charge on any atom is -0.496 e. The number of methoxy groups -OCH3 is 1. The van der Waals surface area contributed by atoms with Crippen LogP contribution in [0.5, 0.6) is 5.75 Å². The van der Waals surface area contributed by atoms with E-state index in [9.17, 15) is 0 Å². The van der Waals surface area contributed by atoms with Gasteiger partial charge in [-0.05, 0) is 36.0 Å². The van der Waals surface area contributed by atoms with Gasteiger partial charge in [-0.2, -0.15) is 0 Å². The smallest absolute Gasteiger partial charge is 0.122 e. The van der Waals surface area contributed by atoms with Gasteiger partial charge in [0.25, 0.3) is 0 Å². The molecule has 0 heterocycles. The van der Waals surface area contributed by atoms with Crippen molar-refractivity contribution in [2.24, 2.45) is 5.92 Å². The first kappa shape index (κ1) is 17.0. The summed E-state index contributed by atoms with van der Waals surface area (Å²) in [5, 5.41) is 3.60. The maximum atomic E-state index is 5.49. The Morgan fingerprint density at radius 1 is 1.15 bits per heavy atom. The van der Waals surface area contributed by atoms with Crippen LogP contribution in [-0.4, -0.2) is 19.7 Å². The Balaban J connectivity index is 3.02. The van der Waals surface area contributed by atoms with Gasteiger partial charge in [0.2, 0.25) is 0 Å². The van der Waals surface area contributed by atoms with Crippen molar-refractivity contribution in [3.8, 4) is 5.75 Å². The largest absolute Gasteiger partial charge is 0.496 e. The molecule has 0 radical (unpaired) electrons. The molecule has 0 bridgehead atoms. The number of hydrogen-bond donors (Lipinski definition) is 1. The molecule has 0 amide bonds. The molecule has 0 aromatic heterocycles. The lowest BCUT2D eigenvalue weighted by Crippen LogP contribution is -2.31. The number of hydrogen-bond acceptors (Lipinski definition) is 2. The molecule has 1 aromatic carbocycles. The molecule has 1 aromatic rings. The molecule has 1 rings (SSSR count). The van der Waals surface area contributed by atoms with E-state index >= 15 is 0 Å². The van der Waals surface area contributed by atoms with Gasteiger partial charge in [0.15, 0.2) is 0 Å². The average molecular weight is 277 g/mol. The third-order valence-corrected chi connectivity index (χ3v) is 4.22. The molecule has 0 aliphatic rings. The average Bonchev–Trinajstić information content (AvgIpc) is 2.44. The van der Waals surface area contributed by atoms with Crippen LogP contribution in [0.2, 0.25) is 0 Å². The highest BCUT2D eigenvalue weighted by molar-refractivity contribution is 5.38. The molecule has 2 nitrogen and oxygen atoms in total. The molecular weight excluding hydrogens is 246 g/mol. The predicted molar refractivity (Wildman–Crippen MR) is 87.7 cm³/mol. The Kier molecular flexibility index (Phi) is 7.08. The Hall–Kier alpha value is -1.02. The summed E-state index contributed by atoms with van der Waals surface area (Å²) in [5.41, 5.74) is 2.60. The Labute approximate surface area is 124 Å². The summed E-state index contributed by atoms with van der Waals surface area (Å²) in [6.07, 6.45) is 2.44. The van der Waals surface area contributed by atoms with Crippen LogP contribution in [0.4, 0.5) is 0 Å². The lowest BCUT2D eigenvalue weighted by molar-refractivity contribution is 0.367. The summed E-state index contributed by atoms with van der Waals surface area (Å²) in [5.74, 6) is 2.28. The van der Waals surface area contributed by atoms with Crippen LogP contribution in [0.3, 0.4) is 0 Å². The van der Waals surface area contributed by atoms with Crippen molar-refractivity contribution < 1.29 is 4.74 Å². The van der Waals surface area contributed by atoms with Crippen molar-refractivity contribution in [2.45, 2.75) is 59.4 Å². The van der Waals surface area contributed by atoms with Crippen LogP contribution in [0.15, 0.2) is 18.2 Å². The molecule has 1 atom stereocenters. The molecule has 114 valence electrons. The van der Waals surface area contributed by atoms with Crippen molar-refractivity contribution in [3.63, 3.8) is 0 Å². The SMILES string of the molecule is CCC(CC)C(CNC(C)C)c1ccc(C)c(OC)c1. The third kappa shape index (κ3) is 4.52. The molecule has 0 spiro atoms. The fourth-order valence-electron chi connectivity index (χ4n) is 2.84. The molecule has 2 heteroatoms. The molecule has 1 N–H and O–H groups in total. The summed E-state index contributed by atoms with van der Waals surface area (Å²) in [6, 6.07) is 7.20. The minimum atomic E-state index is 0.527. The van der Waals surface area contributed by atoms with E-state index in [1.54, 1.807) is 7.11 Å².